The summed E-state index contributed by atoms with van der Waals surface area (Å²) >= 11 is 0. The molecule has 1 heterocycles. The maximum Gasteiger partial charge on any atom is 0.137 e. The summed E-state index contributed by atoms with van der Waals surface area (Å²) in [5.74, 6) is 1.54. The van der Waals surface area contributed by atoms with Gasteiger partial charge in [-0.1, -0.05) is 10.3 Å². The molecule has 0 saturated carbocycles. The summed E-state index contributed by atoms with van der Waals surface area (Å²) in [4.78, 5) is 2.80. The average Bonchev–Trinajstić information content (AvgIpc) is 2.81. The van der Waals surface area contributed by atoms with Gasteiger partial charge in [-0.3, -0.25) is 0 Å². The van der Waals surface area contributed by atoms with Gasteiger partial charge in [-0.25, -0.2) is 0 Å². The molecule has 0 radical (unpaired) electrons. The molecular weight excluding hydrogens is 268 g/mol. The molecule has 0 spiro atoms. The first-order chi connectivity index (χ1) is 10.1. The summed E-state index contributed by atoms with van der Waals surface area (Å²) in [6.45, 7) is 8.63. The average molecular weight is 286 g/mol. The van der Waals surface area contributed by atoms with Crippen LogP contribution in [-0.2, 0) is 6.54 Å². The Kier molecular flexibility index (Phi) is 4.50. The molecule has 0 aliphatic carbocycles. The molecule has 0 N–H and O–H groups in total. The van der Waals surface area contributed by atoms with Crippen LogP contribution < -0.4 is 4.74 Å². The molecule has 0 amide bonds. The van der Waals surface area contributed by atoms with E-state index >= 15 is 0 Å². The van der Waals surface area contributed by atoms with Crippen LogP contribution in [0.2, 0.25) is 0 Å². The number of ether oxygens (including phenoxy) is 1. The van der Waals surface area contributed by atoms with Gasteiger partial charge in [-0.2, -0.15) is 0 Å². The van der Waals surface area contributed by atoms with E-state index in [4.69, 9.17) is 14.8 Å². The van der Waals surface area contributed by atoms with E-state index in [-0.39, 0.29) is 6.54 Å². The van der Waals surface area contributed by atoms with Gasteiger partial charge in [0.05, 0.1) is 13.2 Å². The van der Waals surface area contributed by atoms with Crippen LogP contribution in [0.15, 0.2) is 21.8 Å². The lowest BCUT2D eigenvalue weighted by Gasteiger charge is -2.11. The summed E-state index contributed by atoms with van der Waals surface area (Å²) in [5.41, 5.74) is 13.1. The standard InChI is InChI=1S/C15H18N4O2/c1-5-20-14-7-9(2)12(6-10(14)3)15-13(8-17-19-16)11(4)21-18-15/h6-7H,5,8H2,1-4H3. The van der Waals surface area contributed by atoms with Gasteiger partial charge in [-0.15, -0.1) is 0 Å². The van der Waals surface area contributed by atoms with Crippen LogP contribution in [0.5, 0.6) is 5.75 Å². The highest BCUT2D eigenvalue weighted by molar-refractivity contribution is 5.69. The Morgan fingerprint density at radius 1 is 1.29 bits per heavy atom. The van der Waals surface area contributed by atoms with Crippen LogP contribution in [0.4, 0.5) is 0 Å². The zero-order chi connectivity index (χ0) is 15.4. The minimum absolute atomic E-state index is 0.229. The molecule has 6 nitrogen and oxygen atoms in total. The van der Waals surface area contributed by atoms with Gasteiger partial charge < -0.3 is 9.26 Å². The number of aromatic nitrogens is 1. The number of aryl methyl sites for hydroxylation is 3. The maximum atomic E-state index is 8.50. The van der Waals surface area contributed by atoms with Gasteiger partial charge in [0, 0.05) is 16.0 Å². The normalized spacial score (nSPS) is 10.3. The quantitative estimate of drug-likeness (QED) is 0.461. The van der Waals surface area contributed by atoms with Crippen molar-refractivity contribution in [2.45, 2.75) is 34.2 Å². The van der Waals surface area contributed by atoms with Crippen LogP contribution in [0, 0.1) is 20.8 Å². The van der Waals surface area contributed by atoms with E-state index in [9.17, 15) is 0 Å². The van der Waals surface area contributed by atoms with Crippen LogP contribution >= 0.6 is 0 Å². The summed E-state index contributed by atoms with van der Waals surface area (Å²) in [7, 11) is 0. The lowest BCUT2D eigenvalue weighted by atomic mass is 9.98. The highest BCUT2D eigenvalue weighted by Crippen LogP contribution is 2.33. The first kappa shape index (κ1) is 14.9. The Labute approximate surface area is 123 Å². The number of hydrogen-bond acceptors (Lipinski definition) is 4. The Bertz CT molecular complexity index is 700. The third-order valence-corrected chi connectivity index (χ3v) is 3.35. The van der Waals surface area contributed by atoms with Gasteiger partial charge in [0.1, 0.15) is 17.2 Å². The number of benzene rings is 1. The minimum Gasteiger partial charge on any atom is -0.494 e. The van der Waals surface area contributed by atoms with E-state index in [1.54, 1.807) is 0 Å². The predicted molar refractivity (Wildman–Crippen MR) is 80.2 cm³/mol. The van der Waals surface area contributed by atoms with E-state index in [0.29, 0.717) is 12.4 Å². The van der Waals surface area contributed by atoms with Crippen molar-refractivity contribution >= 4 is 0 Å². The second kappa shape index (κ2) is 6.33. The third-order valence-electron chi connectivity index (χ3n) is 3.35. The van der Waals surface area contributed by atoms with E-state index in [1.807, 2.05) is 39.8 Å². The molecule has 0 aliphatic heterocycles. The van der Waals surface area contributed by atoms with Crippen molar-refractivity contribution in [3.05, 3.63) is 45.0 Å². The topological polar surface area (TPSA) is 84.0 Å². The van der Waals surface area contributed by atoms with Crippen molar-refractivity contribution in [2.75, 3.05) is 6.61 Å². The zero-order valence-corrected chi connectivity index (χ0v) is 12.7. The molecule has 0 aliphatic rings. The largest absolute Gasteiger partial charge is 0.494 e. The highest BCUT2D eigenvalue weighted by Gasteiger charge is 2.17. The number of nitrogens with zero attached hydrogens (tertiary/aromatic N) is 4. The maximum absolute atomic E-state index is 8.50. The monoisotopic (exact) mass is 286 g/mol. The zero-order valence-electron chi connectivity index (χ0n) is 12.7. The molecule has 1 aromatic carbocycles. The van der Waals surface area contributed by atoms with E-state index in [1.165, 1.54) is 0 Å². The van der Waals surface area contributed by atoms with Crippen LogP contribution in [-0.4, -0.2) is 11.8 Å². The third kappa shape index (κ3) is 3.01. The van der Waals surface area contributed by atoms with Crippen molar-refractivity contribution in [3.8, 4) is 17.0 Å². The van der Waals surface area contributed by atoms with Crippen LogP contribution in [0.3, 0.4) is 0 Å². The SMILES string of the molecule is CCOc1cc(C)c(-c2noc(C)c2CN=[N+]=[N-])cc1C. The second-order valence-corrected chi connectivity index (χ2v) is 4.82. The van der Waals surface area contributed by atoms with Gasteiger partial charge >= 0.3 is 0 Å². The molecule has 21 heavy (non-hydrogen) atoms. The molecule has 0 saturated heterocycles. The van der Waals surface area contributed by atoms with E-state index in [2.05, 4.69) is 15.2 Å². The lowest BCUT2D eigenvalue weighted by Crippen LogP contribution is -1.97. The van der Waals surface area contributed by atoms with Crippen LogP contribution in [0.1, 0.15) is 29.4 Å². The number of azide groups is 1. The smallest absolute Gasteiger partial charge is 0.137 e. The fourth-order valence-corrected chi connectivity index (χ4v) is 2.25. The summed E-state index contributed by atoms with van der Waals surface area (Å²) < 4.78 is 10.9. The van der Waals surface area contributed by atoms with Gasteiger partial charge in [0.15, 0.2) is 0 Å². The van der Waals surface area contributed by atoms with E-state index in [0.717, 1.165) is 33.7 Å². The number of hydrogen-bond donors (Lipinski definition) is 0. The molecule has 2 aromatic rings. The fraction of sp³-hybridized carbons (Fsp3) is 0.400. The Morgan fingerprint density at radius 2 is 2.05 bits per heavy atom. The Balaban J connectivity index is 2.52. The predicted octanol–water partition coefficient (Wildman–Crippen LogP) is 4.48. The second-order valence-electron chi connectivity index (χ2n) is 4.82. The fourth-order valence-electron chi connectivity index (χ4n) is 2.25. The summed E-state index contributed by atoms with van der Waals surface area (Å²) in [5, 5.41) is 7.73. The Morgan fingerprint density at radius 3 is 2.71 bits per heavy atom. The van der Waals surface area contributed by atoms with Gasteiger partial charge in [0.2, 0.25) is 0 Å². The van der Waals surface area contributed by atoms with Gasteiger partial charge in [-0.05, 0) is 56.5 Å². The molecule has 0 unspecified atom stereocenters. The first-order valence-electron chi connectivity index (χ1n) is 6.78. The molecule has 6 heteroatoms. The van der Waals surface area contributed by atoms with Crippen molar-refractivity contribution in [2.24, 2.45) is 5.11 Å². The molecule has 110 valence electrons. The van der Waals surface area contributed by atoms with Crippen molar-refractivity contribution in [3.63, 3.8) is 0 Å². The minimum atomic E-state index is 0.229. The van der Waals surface area contributed by atoms with Crippen molar-refractivity contribution in [1.29, 1.82) is 0 Å². The molecule has 1 aromatic heterocycles. The van der Waals surface area contributed by atoms with Crippen molar-refractivity contribution < 1.29 is 9.26 Å². The van der Waals surface area contributed by atoms with Gasteiger partial charge in [0.25, 0.3) is 0 Å². The first-order valence-corrected chi connectivity index (χ1v) is 6.78. The molecule has 0 bridgehead atoms. The molecule has 0 atom stereocenters. The van der Waals surface area contributed by atoms with Crippen LogP contribution in [0.25, 0.3) is 21.7 Å². The summed E-state index contributed by atoms with van der Waals surface area (Å²) in [6.07, 6.45) is 0. The Hall–Kier alpha value is -2.46. The molecular formula is C15H18N4O2. The lowest BCUT2D eigenvalue weighted by molar-refractivity contribution is 0.337. The highest BCUT2D eigenvalue weighted by atomic mass is 16.5. The molecule has 0 fully saturated rings. The number of rotatable bonds is 5. The summed E-state index contributed by atoms with van der Waals surface area (Å²) in [6, 6.07) is 4.02. The van der Waals surface area contributed by atoms with Crippen molar-refractivity contribution in [1.82, 2.24) is 5.16 Å². The van der Waals surface area contributed by atoms with E-state index < -0.39 is 0 Å². The molecule has 2 rings (SSSR count).